The molecule has 1 aliphatic carbocycles. The van der Waals surface area contributed by atoms with E-state index in [9.17, 15) is 9.59 Å². The molecule has 0 saturated heterocycles. The molecule has 0 aliphatic heterocycles. The molecule has 1 fully saturated rings. The van der Waals surface area contributed by atoms with E-state index in [0.717, 1.165) is 36.8 Å². The van der Waals surface area contributed by atoms with Gasteiger partial charge in [0.25, 0.3) is 0 Å². The maximum atomic E-state index is 12.0. The molecule has 1 aliphatic rings. The third-order valence-electron chi connectivity index (χ3n) is 5.09. The number of allylic oxidation sites excluding steroid dienone is 1. The minimum Gasteiger partial charge on any atom is -0.444 e. The molecule has 2 amide bonds. The Balaban J connectivity index is 1.43. The largest absolute Gasteiger partial charge is 0.444 e. The van der Waals surface area contributed by atoms with Gasteiger partial charge in [0.15, 0.2) is 0 Å². The molecule has 32 heavy (non-hydrogen) atoms. The number of benzene rings is 2. The van der Waals surface area contributed by atoms with Crippen molar-refractivity contribution in [1.82, 2.24) is 5.32 Å². The van der Waals surface area contributed by atoms with Crippen LogP contribution in [0.2, 0.25) is 0 Å². The van der Waals surface area contributed by atoms with Gasteiger partial charge in [0.1, 0.15) is 12.2 Å². The van der Waals surface area contributed by atoms with Gasteiger partial charge in [0.05, 0.1) is 0 Å². The Morgan fingerprint density at radius 2 is 1.62 bits per heavy atom. The van der Waals surface area contributed by atoms with Crippen molar-refractivity contribution in [2.75, 3.05) is 5.32 Å². The van der Waals surface area contributed by atoms with E-state index in [4.69, 9.17) is 9.47 Å². The number of ether oxygens (including phenoxy) is 2. The van der Waals surface area contributed by atoms with Gasteiger partial charge in [-0.05, 0) is 69.7 Å². The Morgan fingerprint density at radius 1 is 0.969 bits per heavy atom. The Morgan fingerprint density at radius 3 is 2.25 bits per heavy atom. The number of alkyl carbamates (subject to hydrolysis) is 1. The number of carbonyl (C=O) groups excluding carboxylic acids is 2. The Hall–Kier alpha value is -3.28. The highest BCUT2D eigenvalue weighted by atomic mass is 16.6. The van der Waals surface area contributed by atoms with Crippen LogP contribution in [0.3, 0.4) is 0 Å². The standard InChI is InChI=1S/C26H32N2O4/c1-26(2,3)32-25(30)28-23-15-11-20(12-16-23)17-19-9-13-22(14-10-19)27-24(29)31-18-21-7-5-4-6-8-21/h4-10,13-14,17,23H,11-12,15-16,18H2,1-3H3,(H,27,29)(H,28,30). The van der Waals surface area contributed by atoms with Crippen molar-refractivity contribution in [2.24, 2.45) is 0 Å². The van der Waals surface area contributed by atoms with Crippen LogP contribution in [0.4, 0.5) is 15.3 Å². The van der Waals surface area contributed by atoms with Gasteiger partial charge in [-0.3, -0.25) is 5.32 Å². The van der Waals surface area contributed by atoms with Gasteiger partial charge in [-0.2, -0.15) is 0 Å². The van der Waals surface area contributed by atoms with Crippen molar-refractivity contribution in [3.63, 3.8) is 0 Å². The number of hydrogen-bond donors (Lipinski definition) is 2. The molecule has 2 aromatic carbocycles. The fraction of sp³-hybridized carbons (Fsp3) is 0.385. The number of amides is 2. The van der Waals surface area contributed by atoms with Crippen LogP contribution in [0.1, 0.15) is 57.6 Å². The second kappa shape index (κ2) is 10.8. The molecule has 0 atom stereocenters. The molecule has 6 heteroatoms. The molecule has 0 heterocycles. The summed E-state index contributed by atoms with van der Waals surface area (Å²) in [6.07, 6.45) is 5.03. The van der Waals surface area contributed by atoms with Crippen molar-refractivity contribution in [3.8, 4) is 0 Å². The van der Waals surface area contributed by atoms with Gasteiger partial charge in [-0.1, -0.05) is 54.1 Å². The number of anilines is 1. The first-order valence-electron chi connectivity index (χ1n) is 11.0. The zero-order chi connectivity index (χ0) is 23.0. The van der Waals surface area contributed by atoms with Crippen molar-refractivity contribution in [3.05, 3.63) is 71.3 Å². The second-order valence-electron chi connectivity index (χ2n) is 9.03. The summed E-state index contributed by atoms with van der Waals surface area (Å²) in [7, 11) is 0. The summed E-state index contributed by atoms with van der Waals surface area (Å²) in [5.74, 6) is 0. The van der Waals surface area contributed by atoms with E-state index < -0.39 is 11.7 Å². The van der Waals surface area contributed by atoms with E-state index in [1.165, 1.54) is 5.57 Å². The van der Waals surface area contributed by atoms with Crippen LogP contribution in [0, 0.1) is 0 Å². The third kappa shape index (κ3) is 8.10. The van der Waals surface area contributed by atoms with Crippen molar-refractivity contribution < 1.29 is 19.1 Å². The monoisotopic (exact) mass is 436 g/mol. The maximum absolute atomic E-state index is 12.0. The summed E-state index contributed by atoms with van der Waals surface area (Å²) in [4.78, 5) is 23.9. The highest BCUT2D eigenvalue weighted by Gasteiger charge is 2.22. The molecule has 6 nitrogen and oxygen atoms in total. The summed E-state index contributed by atoms with van der Waals surface area (Å²) >= 11 is 0. The molecule has 0 spiro atoms. The highest BCUT2D eigenvalue weighted by molar-refractivity contribution is 5.84. The number of carbonyl (C=O) groups is 2. The second-order valence-corrected chi connectivity index (χ2v) is 9.03. The fourth-order valence-electron chi connectivity index (χ4n) is 3.53. The quantitative estimate of drug-likeness (QED) is 0.578. The Bertz CT molecular complexity index is 921. The van der Waals surface area contributed by atoms with Crippen LogP contribution in [0.15, 0.2) is 60.2 Å². The Kier molecular flexibility index (Phi) is 7.92. The molecular weight excluding hydrogens is 404 g/mol. The molecule has 170 valence electrons. The number of hydrogen-bond acceptors (Lipinski definition) is 4. The van der Waals surface area contributed by atoms with Crippen LogP contribution < -0.4 is 10.6 Å². The van der Waals surface area contributed by atoms with Gasteiger partial charge in [-0.15, -0.1) is 0 Å². The predicted octanol–water partition coefficient (Wildman–Crippen LogP) is 6.29. The summed E-state index contributed by atoms with van der Waals surface area (Å²) in [5, 5.41) is 5.71. The van der Waals surface area contributed by atoms with E-state index in [-0.39, 0.29) is 18.7 Å². The van der Waals surface area contributed by atoms with Gasteiger partial charge in [0, 0.05) is 11.7 Å². The smallest absolute Gasteiger partial charge is 0.411 e. The summed E-state index contributed by atoms with van der Waals surface area (Å²) in [6.45, 7) is 5.83. The molecule has 0 aromatic heterocycles. The number of rotatable bonds is 5. The summed E-state index contributed by atoms with van der Waals surface area (Å²) in [6, 6.07) is 17.4. The van der Waals surface area contributed by atoms with Gasteiger partial charge < -0.3 is 14.8 Å². The van der Waals surface area contributed by atoms with Crippen molar-refractivity contribution in [2.45, 2.75) is 64.7 Å². The zero-order valence-corrected chi connectivity index (χ0v) is 19.0. The summed E-state index contributed by atoms with van der Waals surface area (Å²) < 4.78 is 10.6. The molecule has 0 radical (unpaired) electrons. The van der Waals surface area contributed by atoms with Crippen LogP contribution in [-0.2, 0) is 16.1 Å². The SMILES string of the molecule is CC(C)(C)OC(=O)NC1CCC(=Cc2ccc(NC(=O)OCc3ccccc3)cc2)CC1. The predicted molar refractivity (Wildman–Crippen MR) is 126 cm³/mol. The third-order valence-corrected chi connectivity index (χ3v) is 5.09. The van der Waals surface area contributed by atoms with Gasteiger partial charge in [-0.25, -0.2) is 9.59 Å². The lowest BCUT2D eigenvalue weighted by Gasteiger charge is -2.27. The summed E-state index contributed by atoms with van der Waals surface area (Å²) in [5.41, 5.74) is 3.59. The Labute approximate surface area is 190 Å². The lowest BCUT2D eigenvalue weighted by Crippen LogP contribution is -2.40. The first-order valence-corrected chi connectivity index (χ1v) is 11.0. The fourth-order valence-corrected chi connectivity index (χ4v) is 3.53. The molecule has 1 saturated carbocycles. The van der Waals surface area contributed by atoms with E-state index in [2.05, 4.69) is 16.7 Å². The van der Waals surface area contributed by atoms with E-state index in [1.807, 2.05) is 75.4 Å². The highest BCUT2D eigenvalue weighted by Crippen LogP contribution is 2.26. The maximum Gasteiger partial charge on any atom is 0.411 e. The van der Waals surface area contributed by atoms with E-state index in [0.29, 0.717) is 5.69 Å². The normalized spacial score (nSPS) is 16.1. The average molecular weight is 437 g/mol. The molecule has 2 N–H and O–H groups in total. The van der Waals surface area contributed by atoms with Crippen molar-refractivity contribution >= 4 is 23.9 Å². The molecular formula is C26H32N2O4. The average Bonchev–Trinajstić information content (AvgIpc) is 2.74. The minimum absolute atomic E-state index is 0.149. The zero-order valence-electron chi connectivity index (χ0n) is 19.0. The van der Waals surface area contributed by atoms with Gasteiger partial charge >= 0.3 is 12.2 Å². The van der Waals surface area contributed by atoms with Crippen LogP contribution in [0.25, 0.3) is 6.08 Å². The number of nitrogens with one attached hydrogen (secondary N) is 2. The van der Waals surface area contributed by atoms with E-state index in [1.54, 1.807) is 0 Å². The molecule has 0 unspecified atom stereocenters. The molecule has 3 rings (SSSR count). The lowest BCUT2D eigenvalue weighted by molar-refractivity contribution is 0.0496. The van der Waals surface area contributed by atoms with E-state index >= 15 is 0 Å². The van der Waals surface area contributed by atoms with Crippen LogP contribution in [0.5, 0.6) is 0 Å². The lowest BCUT2D eigenvalue weighted by atomic mass is 9.89. The molecule has 2 aromatic rings. The minimum atomic E-state index is -0.483. The first-order chi connectivity index (χ1) is 15.3. The molecule has 0 bridgehead atoms. The first kappa shape index (κ1) is 23.4. The van der Waals surface area contributed by atoms with Crippen LogP contribution in [-0.4, -0.2) is 23.8 Å². The van der Waals surface area contributed by atoms with Gasteiger partial charge in [0.2, 0.25) is 0 Å². The van der Waals surface area contributed by atoms with Crippen LogP contribution >= 0.6 is 0 Å². The van der Waals surface area contributed by atoms with Crippen molar-refractivity contribution in [1.29, 1.82) is 0 Å². The topological polar surface area (TPSA) is 76.7 Å².